The van der Waals surface area contributed by atoms with E-state index >= 15 is 0 Å². The predicted molar refractivity (Wildman–Crippen MR) is 79.0 cm³/mol. The zero-order valence-corrected chi connectivity index (χ0v) is 11.7. The second kappa shape index (κ2) is 5.87. The van der Waals surface area contributed by atoms with E-state index in [4.69, 9.17) is 0 Å². The van der Waals surface area contributed by atoms with Gasteiger partial charge in [-0.3, -0.25) is 0 Å². The van der Waals surface area contributed by atoms with E-state index in [1.165, 1.54) is 5.56 Å². The van der Waals surface area contributed by atoms with E-state index in [1.807, 2.05) is 24.3 Å². The van der Waals surface area contributed by atoms with Gasteiger partial charge in [-0.1, -0.05) is 44.2 Å². The molecule has 100 valence electrons. The first-order valence-electron chi connectivity index (χ1n) is 6.65. The molecule has 2 rings (SSSR count). The Labute approximate surface area is 114 Å². The van der Waals surface area contributed by atoms with Crippen LogP contribution in [0.4, 0.5) is 10.1 Å². The van der Waals surface area contributed by atoms with Crippen LogP contribution in [0.2, 0.25) is 0 Å². The molecule has 0 aromatic heterocycles. The van der Waals surface area contributed by atoms with Crippen molar-refractivity contribution >= 4 is 5.69 Å². The van der Waals surface area contributed by atoms with Gasteiger partial charge in [-0.15, -0.1) is 0 Å². The highest BCUT2D eigenvalue weighted by atomic mass is 19.1. The van der Waals surface area contributed by atoms with Crippen molar-refractivity contribution in [3.8, 4) is 0 Å². The molecule has 0 bridgehead atoms. The van der Waals surface area contributed by atoms with E-state index in [0.29, 0.717) is 18.0 Å². The largest absolute Gasteiger partial charge is 0.381 e. The van der Waals surface area contributed by atoms with Crippen LogP contribution in [-0.2, 0) is 6.54 Å². The Morgan fingerprint density at radius 2 is 1.84 bits per heavy atom. The third-order valence-corrected chi connectivity index (χ3v) is 3.30. The van der Waals surface area contributed by atoms with Gasteiger partial charge in [0.05, 0.1) is 0 Å². The summed E-state index contributed by atoms with van der Waals surface area (Å²) in [5.74, 6) is 0.329. The normalized spacial score (nSPS) is 10.8. The first kappa shape index (κ1) is 13.6. The SMILES string of the molecule is Cc1ccc(CNc2ccccc2C(C)C)cc1F. The van der Waals surface area contributed by atoms with Gasteiger partial charge in [0, 0.05) is 12.2 Å². The van der Waals surface area contributed by atoms with E-state index in [2.05, 4.69) is 31.3 Å². The summed E-state index contributed by atoms with van der Waals surface area (Å²) in [5.41, 5.74) is 4.06. The van der Waals surface area contributed by atoms with Crippen LogP contribution in [0.25, 0.3) is 0 Å². The lowest BCUT2D eigenvalue weighted by molar-refractivity contribution is 0.616. The summed E-state index contributed by atoms with van der Waals surface area (Å²) in [6.45, 7) is 6.76. The second-order valence-electron chi connectivity index (χ2n) is 5.18. The number of para-hydroxylation sites is 1. The molecular weight excluding hydrogens is 237 g/mol. The van der Waals surface area contributed by atoms with Crippen LogP contribution in [0.15, 0.2) is 42.5 Å². The van der Waals surface area contributed by atoms with Crippen molar-refractivity contribution in [3.63, 3.8) is 0 Å². The number of anilines is 1. The van der Waals surface area contributed by atoms with Gasteiger partial charge in [-0.05, 0) is 41.7 Å². The topological polar surface area (TPSA) is 12.0 Å². The average molecular weight is 257 g/mol. The van der Waals surface area contributed by atoms with E-state index in [1.54, 1.807) is 13.0 Å². The summed E-state index contributed by atoms with van der Waals surface area (Å²) in [4.78, 5) is 0. The molecule has 2 aromatic rings. The molecule has 19 heavy (non-hydrogen) atoms. The van der Waals surface area contributed by atoms with E-state index in [0.717, 1.165) is 11.3 Å². The summed E-state index contributed by atoms with van der Waals surface area (Å²) in [6, 6.07) is 13.6. The van der Waals surface area contributed by atoms with Gasteiger partial charge >= 0.3 is 0 Å². The fraction of sp³-hybridized carbons (Fsp3) is 0.294. The smallest absolute Gasteiger partial charge is 0.126 e. The Morgan fingerprint density at radius 1 is 1.11 bits per heavy atom. The molecule has 0 aliphatic rings. The van der Waals surface area contributed by atoms with Crippen molar-refractivity contribution in [1.29, 1.82) is 0 Å². The molecule has 2 aromatic carbocycles. The minimum absolute atomic E-state index is 0.142. The Hall–Kier alpha value is -1.83. The zero-order chi connectivity index (χ0) is 13.8. The number of hydrogen-bond acceptors (Lipinski definition) is 1. The molecule has 1 N–H and O–H groups in total. The van der Waals surface area contributed by atoms with Crippen molar-refractivity contribution in [1.82, 2.24) is 0 Å². The molecule has 0 spiro atoms. The quantitative estimate of drug-likeness (QED) is 0.824. The highest BCUT2D eigenvalue weighted by molar-refractivity contribution is 5.52. The number of hydrogen-bond donors (Lipinski definition) is 1. The van der Waals surface area contributed by atoms with Gasteiger partial charge in [0.15, 0.2) is 0 Å². The van der Waals surface area contributed by atoms with Gasteiger partial charge in [0.2, 0.25) is 0 Å². The molecule has 0 unspecified atom stereocenters. The molecular formula is C17H20FN. The van der Waals surface area contributed by atoms with Crippen LogP contribution in [0, 0.1) is 12.7 Å². The van der Waals surface area contributed by atoms with Crippen LogP contribution in [-0.4, -0.2) is 0 Å². The lowest BCUT2D eigenvalue weighted by atomic mass is 10.0. The molecule has 2 heteroatoms. The van der Waals surface area contributed by atoms with E-state index in [-0.39, 0.29) is 5.82 Å². The Morgan fingerprint density at radius 3 is 2.53 bits per heavy atom. The number of rotatable bonds is 4. The number of halogens is 1. The Bertz CT molecular complexity index is 561. The van der Waals surface area contributed by atoms with Gasteiger partial charge in [-0.25, -0.2) is 4.39 Å². The number of aryl methyl sites for hydroxylation is 1. The monoisotopic (exact) mass is 257 g/mol. The maximum atomic E-state index is 13.5. The van der Waals surface area contributed by atoms with Gasteiger partial charge < -0.3 is 5.32 Å². The molecule has 0 heterocycles. The maximum Gasteiger partial charge on any atom is 0.126 e. The summed E-state index contributed by atoms with van der Waals surface area (Å²) in [6.07, 6.45) is 0. The Kier molecular flexibility index (Phi) is 4.20. The van der Waals surface area contributed by atoms with E-state index < -0.39 is 0 Å². The zero-order valence-electron chi connectivity index (χ0n) is 11.7. The fourth-order valence-corrected chi connectivity index (χ4v) is 2.11. The van der Waals surface area contributed by atoms with Gasteiger partial charge in [0.1, 0.15) is 5.82 Å². The lowest BCUT2D eigenvalue weighted by Crippen LogP contribution is -2.03. The molecule has 0 amide bonds. The number of nitrogens with one attached hydrogen (secondary N) is 1. The predicted octanol–water partition coefficient (Wildman–Crippen LogP) is 4.87. The third-order valence-electron chi connectivity index (χ3n) is 3.30. The molecule has 0 atom stereocenters. The van der Waals surface area contributed by atoms with Gasteiger partial charge in [0.25, 0.3) is 0 Å². The standard InChI is InChI=1S/C17H20FN/c1-12(2)15-6-4-5-7-17(15)19-11-14-9-8-13(3)16(18)10-14/h4-10,12,19H,11H2,1-3H3. The maximum absolute atomic E-state index is 13.5. The molecule has 0 fully saturated rings. The van der Waals surface area contributed by atoms with Crippen LogP contribution in [0.5, 0.6) is 0 Å². The minimum atomic E-state index is -0.142. The highest BCUT2D eigenvalue weighted by Gasteiger charge is 2.05. The molecule has 0 radical (unpaired) electrons. The van der Waals surface area contributed by atoms with Crippen molar-refractivity contribution in [2.75, 3.05) is 5.32 Å². The molecule has 0 aliphatic carbocycles. The van der Waals surface area contributed by atoms with Crippen molar-refractivity contribution in [2.45, 2.75) is 33.2 Å². The highest BCUT2D eigenvalue weighted by Crippen LogP contribution is 2.24. The molecule has 1 nitrogen and oxygen atoms in total. The molecule has 0 saturated carbocycles. The summed E-state index contributed by atoms with van der Waals surface area (Å²) in [5, 5.41) is 3.39. The van der Waals surface area contributed by atoms with Crippen LogP contribution < -0.4 is 5.32 Å². The lowest BCUT2D eigenvalue weighted by Gasteiger charge is -2.14. The van der Waals surface area contributed by atoms with E-state index in [9.17, 15) is 4.39 Å². The molecule has 0 aliphatic heterocycles. The number of benzene rings is 2. The first-order chi connectivity index (χ1) is 9.08. The van der Waals surface area contributed by atoms with Crippen LogP contribution in [0.1, 0.15) is 36.5 Å². The third kappa shape index (κ3) is 3.34. The van der Waals surface area contributed by atoms with Crippen LogP contribution in [0.3, 0.4) is 0 Å². The first-order valence-corrected chi connectivity index (χ1v) is 6.65. The van der Waals surface area contributed by atoms with Crippen molar-refractivity contribution in [2.24, 2.45) is 0 Å². The second-order valence-corrected chi connectivity index (χ2v) is 5.18. The molecule has 0 saturated heterocycles. The summed E-state index contributed by atoms with van der Waals surface area (Å²) < 4.78 is 13.5. The van der Waals surface area contributed by atoms with Crippen molar-refractivity contribution in [3.05, 3.63) is 65.0 Å². The van der Waals surface area contributed by atoms with Crippen LogP contribution >= 0.6 is 0 Å². The fourth-order valence-electron chi connectivity index (χ4n) is 2.11. The van der Waals surface area contributed by atoms with Crippen molar-refractivity contribution < 1.29 is 4.39 Å². The summed E-state index contributed by atoms with van der Waals surface area (Å²) in [7, 11) is 0. The van der Waals surface area contributed by atoms with Gasteiger partial charge in [-0.2, -0.15) is 0 Å². The average Bonchev–Trinajstić information content (AvgIpc) is 2.40. The Balaban J connectivity index is 2.12. The summed E-state index contributed by atoms with van der Waals surface area (Å²) >= 11 is 0. The minimum Gasteiger partial charge on any atom is -0.381 e.